The van der Waals surface area contributed by atoms with Crippen LogP contribution in [0.1, 0.15) is 38.5 Å². The van der Waals surface area contributed by atoms with Crippen molar-refractivity contribution in [2.45, 2.75) is 38.5 Å². The van der Waals surface area contributed by atoms with Gasteiger partial charge in [-0.15, -0.1) is 0 Å². The van der Waals surface area contributed by atoms with Gasteiger partial charge in [-0.05, 0) is 18.3 Å². The Bertz CT molecular complexity index is 195. The van der Waals surface area contributed by atoms with E-state index in [1.165, 1.54) is 0 Å². The second kappa shape index (κ2) is 4.40. The molecule has 0 atom stereocenters. The zero-order valence-electron chi connectivity index (χ0n) is 8.14. The maximum Gasteiger partial charge on any atom is 0.220 e. The van der Waals surface area contributed by atoms with E-state index in [1.54, 1.807) is 7.05 Å². The van der Waals surface area contributed by atoms with Crippen molar-refractivity contribution in [2.75, 3.05) is 7.05 Å². The number of hydrogen-bond donors (Lipinski definition) is 1. The molecular formula is C10H17NO2. The maximum atomic E-state index is 11.2. The van der Waals surface area contributed by atoms with Crippen molar-refractivity contribution in [1.82, 2.24) is 5.32 Å². The molecule has 0 heterocycles. The molecule has 13 heavy (non-hydrogen) atoms. The fourth-order valence-corrected chi connectivity index (χ4v) is 2.18. The summed E-state index contributed by atoms with van der Waals surface area (Å²) >= 11 is 0. The van der Waals surface area contributed by atoms with E-state index in [4.69, 9.17) is 0 Å². The van der Waals surface area contributed by atoms with Gasteiger partial charge in [0, 0.05) is 19.9 Å². The lowest BCUT2D eigenvalue weighted by molar-refractivity contribution is -0.123. The van der Waals surface area contributed by atoms with Crippen LogP contribution in [0.3, 0.4) is 0 Å². The van der Waals surface area contributed by atoms with E-state index in [9.17, 15) is 9.59 Å². The minimum absolute atomic E-state index is 0.0121. The number of carbonyl (C=O) groups is 2. The van der Waals surface area contributed by atoms with Crippen LogP contribution in [-0.2, 0) is 9.59 Å². The quantitative estimate of drug-likeness (QED) is 0.667. The van der Waals surface area contributed by atoms with Crippen LogP contribution in [-0.4, -0.2) is 19.2 Å². The Hall–Kier alpha value is -0.860. The number of carbonyl (C=O) groups excluding carboxylic acids is 2. The van der Waals surface area contributed by atoms with Crippen LogP contribution < -0.4 is 5.32 Å². The molecule has 1 rings (SSSR count). The van der Waals surface area contributed by atoms with Gasteiger partial charge in [-0.2, -0.15) is 0 Å². The summed E-state index contributed by atoms with van der Waals surface area (Å²) in [6, 6.07) is 0. The van der Waals surface area contributed by atoms with Gasteiger partial charge in [-0.25, -0.2) is 0 Å². The SMILES string of the molecule is CNC(=O)CC1(CC=O)CCCC1. The molecule has 1 aliphatic carbocycles. The summed E-state index contributed by atoms with van der Waals surface area (Å²) in [6.07, 6.45) is 6.38. The average Bonchev–Trinajstić information content (AvgIpc) is 2.54. The lowest BCUT2D eigenvalue weighted by Gasteiger charge is -2.25. The normalized spacial score (nSPS) is 19.8. The molecule has 1 amide bonds. The lowest BCUT2D eigenvalue weighted by Crippen LogP contribution is -2.28. The van der Waals surface area contributed by atoms with Gasteiger partial charge in [0.05, 0.1) is 0 Å². The van der Waals surface area contributed by atoms with E-state index in [1.807, 2.05) is 0 Å². The molecule has 3 heteroatoms. The standard InChI is InChI=1S/C10H17NO2/c1-11-9(13)8-10(6-7-12)4-2-3-5-10/h7H,2-6,8H2,1H3,(H,11,13). The molecule has 74 valence electrons. The van der Waals surface area contributed by atoms with Gasteiger partial charge in [-0.3, -0.25) is 4.79 Å². The first-order valence-corrected chi connectivity index (χ1v) is 4.87. The molecule has 0 bridgehead atoms. The van der Waals surface area contributed by atoms with Gasteiger partial charge in [0.1, 0.15) is 6.29 Å². The fraction of sp³-hybridized carbons (Fsp3) is 0.800. The van der Waals surface area contributed by atoms with Gasteiger partial charge in [0.2, 0.25) is 5.91 Å². The third kappa shape index (κ3) is 2.54. The van der Waals surface area contributed by atoms with Gasteiger partial charge in [-0.1, -0.05) is 12.8 Å². The third-order valence-corrected chi connectivity index (χ3v) is 2.99. The molecule has 0 aromatic carbocycles. The third-order valence-electron chi connectivity index (χ3n) is 2.99. The highest BCUT2D eigenvalue weighted by Crippen LogP contribution is 2.43. The number of rotatable bonds is 4. The van der Waals surface area contributed by atoms with Crippen LogP contribution in [0.25, 0.3) is 0 Å². The Labute approximate surface area is 78.9 Å². The second-order valence-electron chi connectivity index (χ2n) is 3.93. The Kier molecular flexibility index (Phi) is 3.46. The van der Waals surface area contributed by atoms with E-state index in [2.05, 4.69) is 5.32 Å². The first kappa shape index (κ1) is 10.2. The van der Waals surface area contributed by atoms with Gasteiger partial charge in [0.15, 0.2) is 0 Å². The van der Waals surface area contributed by atoms with Crippen LogP contribution in [0.15, 0.2) is 0 Å². The number of nitrogens with one attached hydrogen (secondary N) is 1. The zero-order chi connectivity index (χ0) is 9.73. The zero-order valence-corrected chi connectivity index (χ0v) is 8.14. The van der Waals surface area contributed by atoms with E-state index < -0.39 is 0 Å². The van der Waals surface area contributed by atoms with E-state index in [0.717, 1.165) is 32.0 Å². The van der Waals surface area contributed by atoms with Crippen LogP contribution >= 0.6 is 0 Å². The monoisotopic (exact) mass is 183 g/mol. The number of hydrogen-bond acceptors (Lipinski definition) is 2. The van der Waals surface area contributed by atoms with E-state index in [0.29, 0.717) is 12.8 Å². The predicted molar refractivity (Wildman–Crippen MR) is 50.3 cm³/mol. The molecule has 0 unspecified atom stereocenters. The molecule has 3 nitrogen and oxygen atoms in total. The maximum absolute atomic E-state index is 11.2. The topological polar surface area (TPSA) is 46.2 Å². The Morgan fingerprint density at radius 3 is 2.54 bits per heavy atom. The van der Waals surface area contributed by atoms with Crippen LogP contribution in [0.5, 0.6) is 0 Å². The van der Waals surface area contributed by atoms with Crippen molar-refractivity contribution in [3.05, 3.63) is 0 Å². The molecule has 1 N–H and O–H groups in total. The molecule has 0 spiro atoms. The van der Waals surface area contributed by atoms with E-state index >= 15 is 0 Å². The van der Waals surface area contributed by atoms with Gasteiger partial charge >= 0.3 is 0 Å². The average molecular weight is 183 g/mol. The van der Waals surface area contributed by atoms with Crippen molar-refractivity contribution < 1.29 is 9.59 Å². The fourth-order valence-electron chi connectivity index (χ4n) is 2.18. The Morgan fingerprint density at radius 1 is 1.46 bits per heavy atom. The molecule has 0 saturated heterocycles. The summed E-state index contributed by atoms with van der Waals surface area (Å²) in [5.41, 5.74) is -0.0121. The number of aldehydes is 1. The molecule has 0 aromatic heterocycles. The van der Waals surface area contributed by atoms with Crippen molar-refractivity contribution in [2.24, 2.45) is 5.41 Å². The molecule has 1 aliphatic rings. The molecule has 0 aliphatic heterocycles. The molecule has 1 saturated carbocycles. The summed E-state index contributed by atoms with van der Waals surface area (Å²) in [4.78, 5) is 21.7. The molecule has 1 fully saturated rings. The summed E-state index contributed by atoms with van der Waals surface area (Å²) in [6.45, 7) is 0. The van der Waals surface area contributed by atoms with Crippen LogP contribution in [0, 0.1) is 5.41 Å². The van der Waals surface area contributed by atoms with Gasteiger partial charge in [0.25, 0.3) is 0 Å². The Balaban J connectivity index is 2.55. The highest BCUT2D eigenvalue weighted by Gasteiger charge is 2.35. The van der Waals surface area contributed by atoms with Crippen molar-refractivity contribution in [3.63, 3.8) is 0 Å². The van der Waals surface area contributed by atoms with Crippen molar-refractivity contribution in [1.29, 1.82) is 0 Å². The van der Waals surface area contributed by atoms with Crippen molar-refractivity contribution in [3.8, 4) is 0 Å². The first-order valence-electron chi connectivity index (χ1n) is 4.87. The highest BCUT2D eigenvalue weighted by molar-refractivity contribution is 5.76. The summed E-state index contributed by atoms with van der Waals surface area (Å²) in [5.74, 6) is 0.0590. The lowest BCUT2D eigenvalue weighted by atomic mass is 9.80. The molecule has 0 aromatic rings. The number of amides is 1. The summed E-state index contributed by atoms with van der Waals surface area (Å²) in [5, 5.41) is 2.62. The summed E-state index contributed by atoms with van der Waals surface area (Å²) < 4.78 is 0. The second-order valence-corrected chi connectivity index (χ2v) is 3.93. The largest absolute Gasteiger partial charge is 0.359 e. The van der Waals surface area contributed by atoms with Crippen LogP contribution in [0.2, 0.25) is 0 Å². The van der Waals surface area contributed by atoms with Crippen molar-refractivity contribution >= 4 is 12.2 Å². The minimum atomic E-state index is -0.0121. The summed E-state index contributed by atoms with van der Waals surface area (Å²) in [7, 11) is 1.64. The smallest absolute Gasteiger partial charge is 0.220 e. The van der Waals surface area contributed by atoms with E-state index in [-0.39, 0.29) is 11.3 Å². The predicted octanol–water partition coefficient (Wildman–Crippen LogP) is 1.27. The highest BCUT2D eigenvalue weighted by atomic mass is 16.1. The Morgan fingerprint density at radius 2 is 2.08 bits per heavy atom. The van der Waals surface area contributed by atoms with Gasteiger partial charge < -0.3 is 10.1 Å². The molecule has 0 radical (unpaired) electrons. The first-order chi connectivity index (χ1) is 6.22. The molecular weight excluding hydrogens is 166 g/mol. The van der Waals surface area contributed by atoms with Crippen LogP contribution in [0.4, 0.5) is 0 Å². The minimum Gasteiger partial charge on any atom is -0.359 e.